The molecule has 8 nitrogen and oxygen atoms in total. The van der Waals surface area contributed by atoms with Crippen molar-refractivity contribution in [2.45, 2.75) is 43.8 Å². The summed E-state index contributed by atoms with van der Waals surface area (Å²) in [6.07, 6.45) is 0.471. The number of sulfonamides is 1. The van der Waals surface area contributed by atoms with Crippen molar-refractivity contribution in [1.82, 2.24) is 14.9 Å². The second-order valence-electron chi connectivity index (χ2n) is 10.1. The zero-order chi connectivity index (χ0) is 31.5. The fourth-order valence-corrected chi connectivity index (χ4v) is 6.03. The third-order valence-corrected chi connectivity index (χ3v) is 9.04. The summed E-state index contributed by atoms with van der Waals surface area (Å²) in [6.45, 7) is 2.39. The van der Waals surface area contributed by atoms with Gasteiger partial charge < -0.3 is 15.0 Å². The summed E-state index contributed by atoms with van der Waals surface area (Å²) in [6, 6.07) is 29.4. The van der Waals surface area contributed by atoms with Crippen molar-refractivity contribution >= 4 is 33.4 Å². The van der Waals surface area contributed by atoms with Crippen LogP contribution in [0.25, 0.3) is 0 Å². The van der Waals surface area contributed by atoms with Gasteiger partial charge in [-0.1, -0.05) is 91.3 Å². The Hall–Kier alpha value is -4.18. The average molecular weight is 634 g/mol. The van der Waals surface area contributed by atoms with E-state index in [4.69, 9.17) is 16.3 Å². The summed E-state index contributed by atoms with van der Waals surface area (Å²) < 4.78 is 32.4. The summed E-state index contributed by atoms with van der Waals surface area (Å²) in [5.41, 5.74) is 3.07. The molecule has 44 heavy (non-hydrogen) atoms. The number of ether oxygens (including phenoxy) is 1. The van der Waals surface area contributed by atoms with E-state index in [2.05, 4.69) is 10.0 Å². The molecule has 0 bridgehead atoms. The molecule has 0 saturated carbocycles. The Balaban J connectivity index is 1.61. The van der Waals surface area contributed by atoms with Crippen LogP contribution in [0.2, 0.25) is 5.02 Å². The molecular formula is C34H36ClN3O5S. The van der Waals surface area contributed by atoms with Gasteiger partial charge in [0.1, 0.15) is 11.8 Å². The zero-order valence-corrected chi connectivity index (χ0v) is 26.3. The fraction of sp³-hybridized carbons (Fsp3) is 0.235. The van der Waals surface area contributed by atoms with Gasteiger partial charge in [-0.2, -0.15) is 0 Å². The molecule has 4 aromatic carbocycles. The molecular weight excluding hydrogens is 598 g/mol. The Bertz CT molecular complexity index is 1650. The zero-order valence-electron chi connectivity index (χ0n) is 24.7. The first-order valence-corrected chi connectivity index (χ1v) is 16.1. The van der Waals surface area contributed by atoms with Crippen molar-refractivity contribution in [3.8, 4) is 5.75 Å². The summed E-state index contributed by atoms with van der Waals surface area (Å²) in [5, 5.41) is 3.52. The molecule has 4 rings (SSSR count). The Morgan fingerprint density at radius 2 is 1.50 bits per heavy atom. The van der Waals surface area contributed by atoms with Gasteiger partial charge in [-0.3, -0.25) is 9.59 Å². The van der Waals surface area contributed by atoms with E-state index >= 15 is 0 Å². The van der Waals surface area contributed by atoms with Gasteiger partial charge >= 0.3 is 0 Å². The number of rotatable bonds is 14. The molecule has 0 radical (unpaired) electrons. The number of benzene rings is 4. The van der Waals surface area contributed by atoms with Crippen molar-refractivity contribution in [3.05, 3.63) is 130 Å². The molecule has 0 saturated heterocycles. The Labute approximate surface area is 264 Å². The van der Waals surface area contributed by atoms with Gasteiger partial charge in [0, 0.05) is 31.1 Å². The quantitative estimate of drug-likeness (QED) is 0.186. The van der Waals surface area contributed by atoms with Gasteiger partial charge in [0.05, 0.1) is 12.0 Å². The maximum absolute atomic E-state index is 14.0. The monoisotopic (exact) mass is 633 g/mol. The number of carbonyl (C=O) groups is 2. The van der Waals surface area contributed by atoms with Crippen LogP contribution in [0.15, 0.2) is 108 Å². The summed E-state index contributed by atoms with van der Waals surface area (Å²) in [7, 11) is -1.99. The second-order valence-corrected chi connectivity index (χ2v) is 12.3. The third kappa shape index (κ3) is 8.69. The number of hydrogen-bond donors (Lipinski definition) is 2. The summed E-state index contributed by atoms with van der Waals surface area (Å²) in [5.74, 6) is 0.117. The number of nitrogens with one attached hydrogen (secondary N) is 2. The Morgan fingerprint density at radius 3 is 2.14 bits per heavy atom. The number of nitrogens with zero attached hydrogens (tertiary/aromatic N) is 1. The van der Waals surface area contributed by atoms with E-state index in [1.807, 2.05) is 72.8 Å². The lowest BCUT2D eigenvalue weighted by atomic mass is 10.0. The van der Waals surface area contributed by atoms with Gasteiger partial charge in [-0.05, 0) is 59.0 Å². The van der Waals surface area contributed by atoms with Crippen LogP contribution in [0, 0.1) is 0 Å². The van der Waals surface area contributed by atoms with E-state index in [-0.39, 0.29) is 42.8 Å². The van der Waals surface area contributed by atoms with E-state index in [9.17, 15) is 18.0 Å². The number of amides is 2. The van der Waals surface area contributed by atoms with Crippen molar-refractivity contribution in [3.63, 3.8) is 0 Å². The first-order chi connectivity index (χ1) is 21.2. The molecule has 10 heteroatoms. The van der Waals surface area contributed by atoms with Crippen LogP contribution in [0.5, 0.6) is 5.75 Å². The number of hydrogen-bond acceptors (Lipinski definition) is 5. The van der Waals surface area contributed by atoms with Crippen LogP contribution in [0.3, 0.4) is 0 Å². The minimum atomic E-state index is -3.58. The van der Waals surface area contributed by atoms with Gasteiger partial charge in [0.2, 0.25) is 21.8 Å². The third-order valence-electron chi connectivity index (χ3n) is 7.11. The summed E-state index contributed by atoms with van der Waals surface area (Å²) >= 11 is 6.34. The maximum Gasteiger partial charge on any atom is 0.247 e. The van der Waals surface area contributed by atoms with Gasteiger partial charge in [0.15, 0.2) is 0 Å². The van der Waals surface area contributed by atoms with Gasteiger partial charge in [-0.25, -0.2) is 13.1 Å². The molecule has 0 aromatic heterocycles. The molecule has 0 spiro atoms. The molecule has 0 aliphatic heterocycles. The van der Waals surface area contributed by atoms with Gasteiger partial charge in [-0.15, -0.1) is 0 Å². The number of carbonyl (C=O) groups excluding carboxylic acids is 2. The predicted octanol–water partition coefficient (Wildman–Crippen LogP) is 5.67. The van der Waals surface area contributed by atoms with E-state index < -0.39 is 16.1 Å². The van der Waals surface area contributed by atoms with Crippen LogP contribution >= 0.6 is 11.6 Å². The molecule has 230 valence electrons. The molecule has 2 N–H and O–H groups in total. The number of halogens is 1. The van der Waals surface area contributed by atoms with E-state index in [0.717, 1.165) is 16.7 Å². The first kappa shape index (κ1) is 32.7. The molecule has 2 amide bonds. The standard InChI is InChI=1S/C34H36ClN3O5S/c1-3-37-44(41,42)30-20-15-25(16-21-30)17-22-32(39)38(24-26-13-18-29(43-2)19-14-26)33(27-9-5-4-6-10-27)34(40)36-23-28-11-7-8-12-31(28)35/h4-16,18-21,33,37H,3,17,22-24H2,1-2H3,(H,36,40)/t33-/m0/s1. The van der Waals surface area contributed by atoms with Crippen LogP contribution in [-0.4, -0.2) is 38.8 Å². The molecule has 0 aliphatic carbocycles. The van der Waals surface area contributed by atoms with Crippen LogP contribution in [-0.2, 0) is 39.1 Å². The largest absolute Gasteiger partial charge is 0.497 e. The van der Waals surface area contributed by atoms with Gasteiger partial charge in [0.25, 0.3) is 0 Å². The van der Waals surface area contributed by atoms with Crippen molar-refractivity contribution in [1.29, 1.82) is 0 Å². The predicted molar refractivity (Wildman–Crippen MR) is 172 cm³/mol. The number of methoxy groups -OCH3 is 1. The number of aryl methyl sites for hydroxylation is 1. The second kappa shape index (κ2) is 15.5. The van der Waals surface area contributed by atoms with Crippen molar-refractivity contribution in [2.24, 2.45) is 0 Å². The van der Waals surface area contributed by atoms with E-state index in [1.165, 1.54) is 12.1 Å². The molecule has 4 aromatic rings. The lowest BCUT2D eigenvalue weighted by Crippen LogP contribution is -2.43. The Morgan fingerprint density at radius 1 is 0.864 bits per heavy atom. The highest BCUT2D eigenvalue weighted by atomic mass is 35.5. The fourth-order valence-electron chi connectivity index (χ4n) is 4.78. The highest BCUT2D eigenvalue weighted by Gasteiger charge is 2.31. The van der Waals surface area contributed by atoms with Crippen LogP contribution in [0.1, 0.15) is 41.6 Å². The minimum Gasteiger partial charge on any atom is -0.497 e. The van der Waals surface area contributed by atoms with Crippen LogP contribution < -0.4 is 14.8 Å². The summed E-state index contributed by atoms with van der Waals surface area (Å²) in [4.78, 5) is 29.6. The SMILES string of the molecule is CCNS(=O)(=O)c1ccc(CCC(=O)N(Cc2ccc(OC)cc2)[C@H](C(=O)NCc2ccccc2Cl)c2ccccc2)cc1. The maximum atomic E-state index is 14.0. The molecule has 0 unspecified atom stereocenters. The minimum absolute atomic E-state index is 0.108. The van der Waals surface area contributed by atoms with Crippen LogP contribution in [0.4, 0.5) is 0 Å². The lowest BCUT2D eigenvalue weighted by molar-refractivity contribution is -0.141. The van der Waals surface area contributed by atoms with E-state index in [1.54, 1.807) is 37.1 Å². The molecule has 1 atom stereocenters. The topological polar surface area (TPSA) is 105 Å². The molecule has 0 aliphatic rings. The smallest absolute Gasteiger partial charge is 0.247 e. The molecule has 0 fully saturated rings. The normalized spacial score (nSPS) is 11.9. The van der Waals surface area contributed by atoms with Crippen molar-refractivity contribution < 1.29 is 22.7 Å². The first-order valence-electron chi connectivity index (χ1n) is 14.3. The average Bonchev–Trinajstić information content (AvgIpc) is 3.04. The highest BCUT2D eigenvalue weighted by molar-refractivity contribution is 7.89. The van der Waals surface area contributed by atoms with Crippen molar-refractivity contribution in [2.75, 3.05) is 13.7 Å². The Kier molecular flexibility index (Phi) is 11.5. The van der Waals surface area contributed by atoms with E-state index in [0.29, 0.717) is 22.8 Å². The highest BCUT2D eigenvalue weighted by Crippen LogP contribution is 2.26. The molecule has 0 heterocycles. The lowest BCUT2D eigenvalue weighted by Gasteiger charge is -2.32.